The number of rotatable bonds is 5. The van der Waals surface area contributed by atoms with Gasteiger partial charge in [0, 0.05) is 10.6 Å². The van der Waals surface area contributed by atoms with Gasteiger partial charge in [-0.2, -0.15) is 0 Å². The van der Waals surface area contributed by atoms with Crippen LogP contribution in [0.25, 0.3) is 0 Å². The first-order valence-corrected chi connectivity index (χ1v) is 7.28. The summed E-state index contributed by atoms with van der Waals surface area (Å²) in [6, 6.07) is 18.0. The van der Waals surface area contributed by atoms with Gasteiger partial charge in [0.25, 0.3) is 0 Å². The maximum atomic E-state index is 9.65. The largest absolute Gasteiger partial charge is 0.394 e. The van der Waals surface area contributed by atoms with Gasteiger partial charge >= 0.3 is 0 Å². The van der Waals surface area contributed by atoms with Crippen LogP contribution in [0.5, 0.6) is 0 Å². The number of aryl methyl sites for hydroxylation is 1. The average molecular weight is 273 g/mol. The molecule has 0 heterocycles. The minimum Gasteiger partial charge on any atom is -0.394 e. The second kappa shape index (κ2) is 6.24. The number of hydrogen-bond acceptors (Lipinski definition) is 3. The lowest BCUT2D eigenvalue weighted by Crippen LogP contribution is -2.43. The Balaban J connectivity index is 2.14. The molecule has 0 aliphatic rings. The molecule has 2 aromatic carbocycles. The van der Waals surface area contributed by atoms with Gasteiger partial charge in [-0.15, -0.1) is 11.8 Å². The van der Waals surface area contributed by atoms with Crippen molar-refractivity contribution < 1.29 is 5.11 Å². The van der Waals surface area contributed by atoms with Crippen LogP contribution in [-0.4, -0.2) is 17.5 Å². The molecule has 0 fully saturated rings. The summed E-state index contributed by atoms with van der Waals surface area (Å²) in [6.45, 7) is 2.03. The van der Waals surface area contributed by atoms with E-state index in [0.29, 0.717) is 5.75 Å². The van der Waals surface area contributed by atoms with E-state index in [0.717, 1.165) is 5.56 Å². The minimum atomic E-state index is -0.700. The Kier molecular flexibility index (Phi) is 4.64. The quantitative estimate of drug-likeness (QED) is 0.823. The second-order valence-corrected chi connectivity index (χ2v) is 5.75. The van der Waals surface area contributed by atoms with Crippen LogP contribution in [0.3, 0.4) is 0 Å². The molecule has 0 saturated carbocycles. The van der Waals surface area contributed by atoms with Crippen LogP contribution in [0.2, 0.25) is 0 Å². The predicted molar refractivity (Wildman–Crippen MR) is 81.3 cm³/mol. The summed E-state index contributed by atoms with van der Waals surface area (Å²) in [5, 5.41) is 9.65. The number of nitrogens with two attached hydrogens (primary N) is 1. The molecule has 1 atom stereocenters. The third kappa shape index (κ3) is 3.38. The molecule has 2 aromatic rings. The Labute approximate surface area is 118 Å². The van der Waals surface area contributed by atoms with Crippen LogP contribution in [0.4, 0.5) is 0 Å². The highest BCUT2D eigenvalue weighted by Crippen LogP contribution is 2.29. The van der Waals surface area contributed by atoms with Crippen LogP contribution in [0, 0.1) is 6.92 Å². The first-order valence-electron chi connectivity index (χ1n) is 6.29. The molecular formula is C16H19NOS. The highest BCUT2D eigenvalue weighted by atomic mass is 32.2. The van der Waals surface area contributed by atoms with Crippen molar-refractivity contribution in [3.8, 4) is 0 Å². The number of hydrogen-bond donors (Lipinski definition) is 2. The molecule has 2 rings (SSSR count). The van der Waals surface area contributed by atoms with Crippen molar-refractivity contribution in [1.29, 1.82) is 0 Å². The lowest BCUT2D eigenvalue weighted by Gasteiger charge is -2.27. The molecule has 0 saturated heterocycles. The number of aliphatic hydroxyl groups is 1. The molecular weight excluding hydrogens is 254 g/mol. The molecule has 0 bridgehead atoms. The van der Waals surface area contributed by atoms with Crippen molar-refractivity contribution in [1.82, 2.24) is 0 Å². The fourth-order valence-corrected chi connectivity index (χ4v) is 3.06. The number of benzene rings is 2. The lowest BCUT2D eigenvalue weighted by molar-refractivity contribution is 0.213. The Morgan fingerprint density at radius 2 is 1.68 bits per heavy atom. The fraction of sp³-hybridized carbons (Fsp3) is 0.250. The zero-order chi connectivity index (χ0) is 13.7. The van der Waals surface area contributed by atoms with Crippen LogP contribution in [-0.2, 0) is 5.54 Å². The van der Waals surface area contributed by atoms with Crippen molar-refractivity contribution >= 4 is 11.8 Å². The predicted octanol–water partition coefficient (Wildman–Crippen LogP) is 2.93. The van der Waals surface area contributed by atoms with E-state index in [9.17, 15) is 5.11 Å². The molecule has 0 aromatic heterocycles. The fourth-order valence-electron chi connectivity index (χ4n) is 1.92. The van der Waals surface area contributed by atoms with Gasteiger partial charge in [-0.1, -0.05) is 48.5 Å². The molecule has 0 amide bonds. The lowest BCUT2D eigenvalue weighted by atomic mass is 9.94. The number of thioether (sulfide) groups is 1. The summed E-state index contributed by atoms with van der Waals surface area (Å²) in [5.74, 6) is 0.651. The zero-order valence-corrected chi connectivity index (χ0v) is 11.9. The normalized spacial score (nSPS) is 14.1. The smallest absolute Gasteiger partial charge is 0.0739 e. The third-order valence-corrected chi connectivity index (χ3v) is 4.64. The molecule has 3 heteroatoms. The summed E-state index contributed by atoms with van der Waals surface area (Å²) in [7, 11) is 0. The third-order valence-electron chi connectivity index (χ3n) is 3.21. The Hall–Kier alpha value is -1.29. The zero-order valence-electron chi connectivity index (χ0n) is 11.0. The van der Waals surface area contributed by atoms with Crippen LogP contribution < -0.4 is 5.73 Å². The van der Waals surface area contributed by atoms with Gasteiger partial charge in [0.2, 0.25) is 0 Å². The van der Waals surface area contributed by atoms with Crippen molar-refractivity contribution in [3.63, 3.8) is 0 Å². The first-order chi connectivity index (χ1) is 9.15. The first kappa shape index (κ1) is 14.1. The molecule has 19 heavy (non-hydrogen) atoms. The summed E-state index contributed by atoms with van der Waals surface area (Å²) in [4.78, 5) is 1.21. The maximum Gasteiger partial charge on any atom is 0.0739 e. The Morgan fingerprint density at radius 1 is 1.05 bits per heavy atom. The van der Waals surface area contributed by atoms with Gasteiger partial charge < -0.3 is 10.8 Å². The standard InChI is InChI=1S/C16H19NOS/c1-13-7-5-6-10-15(13)19-12-16(17,11-18)14-8-3-2-4-9-14/h2-10,18H,11-12,17H2,1H3. The van der Waals surface area contributed by atoms with Crippen molar-refractivity contribution in [2.45, 2.75) is 17.4 Å². The van der Waals surface area contributed by atoms with Crippen molar-refractivity contribution in [2.24, 2.45) is 5.73 Å². The summed E-state index contributed by atoms with van der Waals surface area (Å²) >= 11 is 1.69. The molecule has 0 radical (unpaired) electrons. The summed E-state index contributed by atoms with van der Waals surface area (Å²) in [6.07, 6.45) is 0. The van der Waals surface area contributed by atoms with Gasteiger partial charge in [0.1, 0.15) is 0 Å². The topological polar surface area (TPSA) is 46.2 Å². The van der Waals surface area contributed by atoms with E-state index < -0.39 is 5.54 Å². The van der Waals surface area contributed by atoms with Crippen LogP contribution in [0.15, 0.2) is 59.5 Å². The molecule has 1 unspecified atom stereocenters. The van der Waals surface area contributed by atoms with Crippen molar-refractivity contribution in [2.75, 3.05) is 12.4 Å². The van der Waals surface area contributed by atoms with Gasteiger partial charge in [0.15, 0.2) is 0 Å². The maximum absolute atomic E-state index is 9.65. The molecule has 3 N–H and O–H groups in total. The summed E-state index contributed by atoms with van der Waals surface area (Å²) in [5.41, 5.74) is 7.85. The van der Waals surface area contributed by atoms with E-state index in [1.165, 1.54) is 10.5 Å². The average Bonchev–Trinajstić information content (AvgIpc) is 2.47. The van der Waals surface area contributed by atoms with E-state index in [2.05, 4.69) is 19.1 Å². The monoisotopic (exact) mass is 273 g/mol. The Morgan fingerprint density at radius 3 is 2.32 bits per heavy atom. The van der Waals surface area contributed by atoms with Gasteiger partial charge in [0.05, 0.1) is 12.1 Å². The van der Waals surface area contributed by atoms with Crippen LogP contribution >= 0.6 is 11.8 Å². The highest BCUT2D eigenvalue weighted by Gasteiger charge is 2.26. The summed E-state index contributed by atoms with van der Waals surface area (Å²) < 4.78 is 0. The Bertz CT molecular complexity index is 529. The molecule has 0 aliphatic heterocycles. The SMILES string of the molecule is Cc1ccccc1SCC(N)(CO)c1ccccc1. The highest BCUT2D eigenvalue weighted by molar-refractivity contribution is 7.99. The molecule has 0 spiro atoms. The van der Waals surface area contributed by atoms with E-state index in [-0.39, 0.29) is 6.61 Å². The molecule has 100 valence electrons. The van der Waals surface area contributed by atoms with Gasteiger partial charge in [-0.05, 0) is 24.1 Å². The second-order valence-electron chi connectivity index (χ2n) is 4.73. The van der Waals surface area contributed by atoms with Gasteiger partial charge in [-0.3, -0.25) is 0 Å². The van der Waals surface area contributed by atoms with Gasteiger partial charge in [-0.25, -0.2) is 0 Å². The van der Waals surface area contributed by atoms with Crippen LogP contribution in [0.1, 0.15) is 11.1 Å². The molecule has 2 nitrogen and oxygen atoms in total. The number of aliphatic hydroxyl groups excluding tert-OH is 1. The molecule has 0 aliphatic carbocycles. The van der Waals surface area contributed by atoms with E-state index >= 15 is 0 Å². The van der Waals surface area contributed by atoms with E-state index in [1.54, 1.807) is 11.8 Å². The van der Waals surface area contributed by atoms with E-state index in [1.807, 2.05) is 42.5 Å². The van der Waals surface area contributed by atoms with Crippen molar-refractivity contribution in [3.05, 3.63) is 65.7 Å². The minimum absolute atomic E-state index is 0.0596. The van der Waals surface area contributed by atoms with E-state index in [4.69, 9.17) is 5.73 Å².